The van der Waals surface area contributed by atoms with E-state index in [-0.39, 0.29) is 10.7 Å². The van der Waals surface area contributed by atoms with E-state index < -0.39 is 5.82 Å². The average molecular weight is 298 g/mol. The first-order valence-electron chi connectivity index (χ1n) is 6.19. The van der Waals surface area contributed by atoms with E-state index in [0.29, 0.717) is 16.8 Å². The van der Waals surface area contributed by atoms with Gasteiger partial charge in [-0.1, -0.05) is 35.9 Å². The lowest BCUT2D eigenvalue weighted by molar-refractivity contribution is 0.632. The number of nitrogens with one attached hydrogen (secondary N) is 1. The van der Waals surface area contributed by atoms with Crippen LogP contribution < -0.4 is 5.32 Å². The van der Waals surface area contributed by atoms with Crippen LogP contribution in [-0.4, -0.2) is 4.98 Å². The van der Waals surface area contributed by atoms with E-state index in [9.17, 15) is 9.65 Å². The second-order valence-electron chi connectivity index (χ2n) is 4.40. The monoisotopic (exact) mass is 297 g/mol. The summed E-state index contributed by atoms with van der Waals surface area (Å²) >= 11 is 6.03. The number of aromatic nitrogens is 1. The van der Waals surface area contributed by atoms with E-state index >= 15 is 0 Å². The molecule has 0 spiro atoms. The highest BCUT2D eigenvalue weighted by Gasteiger charge is 2.13. The molecule has 0 aliphatic heterocycles. The third-order valence-electron chi connectivity index (χ3n) is 3.11. The minimum atomic E-state index is -0.479. The molecule has 0 aliphatic carbocycles. The number of hydrogen-bond donors (Lipinski definition) is 1. The quantitative estimate of drug-likeness (QED) is 0.749. The molecule has 0 amide bonds. The lowest BCUT2D eigenvalue weighted by Gasteiger charge is -2.13. The summed E-state index contributed by atoms with van der Waals surface area (Å²) in [5, 5.41) is 13.2. The molecule has 21 heavy (non-hydrogen) atoms. The zero-order valence-electron chi connectivity index (χ0n) is 10.8. The largest absolute Gasteiger partial charge is 0.350 e. The van der Waals surface area contributed by atoms with Crippen LogP contribution in [0.25, 0.3) is 10.9 Å². The number of pyridine rings is 1. The molecule has 5 heteroatoms. The Hall–Kier alpha value is -2.64. The van der Waals surface area contributed by atoms with Gasteiger partial charge in [-0.3, -0.25) is 4.98 Å². The first-order valence-corrected chi connectivity index (χ1v) is 6.57. The standard InChI is InChI=1S/C16H9ClFN3/c17-12-5-3-6-13(18)16(12)21-15-10(8-19)9-20-14-7-2-1-4-11(14)15/h1-7,9H,(H,20,21). The maximum Gasteiger partial charge on any atom is 0.148 e. The molecule has 3 nitrogen and oxygen atoms in total. The van der Waals surface area contributed by atoms with Crippen molar-refractivity contribution in [3.05, 3.63) is 65.1 Å². The van der Waals surface area contributed by atoms with Gasteiger partial charge < -0.3 is 5.32 Å². The Morgan fingerprint density at radius 2 is 1.90 bits per heavy atom. The van der Waals surface area contributed by atoms with E-state index in [1.807, 2.05) is 24.3 Å². The Morgan fingerprint density at radius 1 is 1.10 bits per heavy atom. The maximum absolute atomic E-state index is 13.9. The van der Waals surface area contributed by atoms with E-state index in [1.165, 1.54) is 18.3 Å². The summed E-state index contributed by atoms with van der Waals surface area (Å²) in [6.07, 6.45) is 1.46. The van der Waals surface area contributed by atoms with Gasteiger partial charge in [0.25, 0.3) is 0 Å². The van der Waals surface area contributed by atoms with E-state index in [1.54, 1.807) is 6.07 Å². The number of benzene rings is 2. The van der Waals surface area contributed by atoms with Crippen LogP contribution in [-0.2, 0) is 0 Å². The van der Waals surface area contributed by atoms with Crippen LogP contribution in [0.4, 0.5) is 15.8 Å². The summed E-state index contributed by atoms with van der Waals surface area (Å²) in [5.74, 6) is -0.479. The van der Waals surface area contributed by atoms with Gasteiger partial charge in [-0.2, -0.15) is 5.26 Å². The van der Waals surface area contributed by atoms with Crippen LogP contribution in [0.5, 0.6) is 0 Å². The van der Waals surface area contributed by atoms with Crippen LogP contribution >= 0.6 is 11.6 Å². The highest BCUT2D eigenvalue weighted by Crippen LogP contribution is 2.33. The third kappa shape index (κ3) is 2.39. The lowest BCUT2D eigenvalue weighted by Crippen LogP contribution is -1.99. The molecule has 0 saturated carbocycles. The molecule has 0 aliphatic rings. The molecular formula is C16H9ClFN3. The van der Waals surface area contributed by atoms with Crippen LogP contribution in [0, 0.1) is 17.1 Å². The molecule has 3 rings (SSSR count). The maximum atomic E-state index is 13.9. The molecule has 2 aromatic carbocycles. The Balaban J connectivity index is 2.22. The number of nitriles is 1. The van der Waals surface area contributed by atoms with Gasteiger partial charge in [-0.15, -0.1) is 0 Å². The molecule has 0 saturated heterocycles. The summed E-state index contributed by atoms with van der Waals surface area (Å²) in [6, 6.07) is 13.8. The molecule has 1 heterocycles. The normalized spacial score (nSPS) is 10.3. The summed E-state index contributed by atoms with van der Waals surface area (Å²) in [6.45, 7) is 0. The summed E-state index contributed by atoms with van der Waals surface area (Å²) < 4.78 is 13.9. The van der Waals surface area contributed by atoms with Gasteiger partial charge in [0.2, 0.25) is 0 Å². The van der Waals surface area contributed by atoms with E-state index in [2.05, 4.69) is 16.4 Å². The number of hydrogen-bond acceptors (Lipinski definition) is 3. The predicted molar refractivity (Wildman–Crippen MR) is 81.2 cm³/mol. The molecule has 102 valence electrons. The van der Waals surface area contributed by atoms with E-state index in [4.69, 9.17) is 11.6 Å². The van der Waals surface area contributed by atoms with Gasteiger partial charge in [-0.05, 0) is 18.2 Å². The number of halogens is 2. The van der Waals surface area contributed by atoms with E-state index in [0.717, 1.165) is 5.39 Å². The molecule has 0 unspecified atom stereocenters. The Labute approximate surface area is 125 Å². The van der Waals surface area contributed by atoms with Crippen molar-refractivity contribution in [3.63, 3.8) is 0 Å². The number of rotatable bonds is 2. The zero-order chi connectivity index (χ0) is 14.8. The molecule has 0 radical (unpaired) electrons. The van der Waals surface area contributed by atoms with Crippen molar-refractivity contribution in [3.8, 4) is 6.07 Å². The van der Waals surface area contributed by atoms with Crippen molar-refractivity contribution in [1.29, 1.82) is 5.26 Å². The van der Waals surface area contributed by atoms with Gasteiger partial charge in [0.15, 0.2) is 0 Å². The highest BCUT2D eigenvalue weighted by molar-refractivity contribution is 6.33. The number of para-hydroxylation sites is 2. The first-order chi connectivity index (χ1) is 10.2. The third-order valence-corrected chi connectivity index (χ3v) is 3.42. The highest BCUT2D eigenvalue weighted by atomic mass is 35.5. The zero-order valence-corrected chi connectivity index (χ0v) is 11.5. The van der Waals surface area contributed by atoms with Gasteiger partial charge in [0.1, 0.15) is 11.9 Å². The Bertz CT molecular complexity index is 851. The SMILES string of the molecule is N#Cc1cnc2ccccc2c1Nc1c(F)cccc1Cl. The molecule has 0 atom stereocenters. The van der Waals surface area contributed by atoms with Crippen molar-refractivity contribution >= 4 is 33.9 Å². The van der Waals surface area contributed by atoms with Crippen molar-refractivity contribution in [2.75, 3.05) is 5.32 Å². The second kappa shape index (κ2) is 5.39. The molecule has 3 aromatic rings. The molecule has 1 N–H and O–H groups in total. The van der Waals surface area contributed by atoms with Gasteiger partial charge in [-0.25, -0.2) is 4.39 Å². The smallest absolute Gasteiger partial charge is 0.148 e. The summed E-state index contributed by atoms with van der Waals surface area (Å²) in [4.78, 5) is 4.21. The van der Waals surface area contributed by atoms with Crippen LogP contribution in [0.15, 0.2) is 48.7 Å². The van der Waals surface area contributed by atoms with Gasteiger partial charge >= 0.3 is 0 Å². The average Bonchev–Trinajstić information content (AvgIpc) is 2.51. The van der Waals surface area contributed by atoms with Crippen molar-refractivity contribution < 1.29 is 4.39 Å². The van der Waals surface area contributed by atoms with Crippen molar-refractivity contribution in [2.45, 2.75) is 0 Å². The van der Waals surface area contributed by atoms with Crippen molar-refractivity contribution in [1.82, 2.24) is 4.98 Å². The Morgan fingerprint density at radius 3 is 2.67 bits per heavy atom. The minimum absolute atomic E-state index is 0.145. The summed E-state index contributed by atoms with van der Waals surface area (Å²) in [7, 11) is 0. The second-order valence-corrected chi connectivity index (χ2v) is 4.80. The minimum Gasteiger partial charge on any atom is -0.350 e. The lowest BCUT2D eigenvalue weighted by atomic mass is 10.1. The van der Waals surface area contributed by atoms with Gasteiger partial charge in [0.05, 0.1) is 27.5 Å². The van der Waals surface area contributed by atoms with Crippen LogP contribution in [0.2, 0.25) is 5.02 Å². The molecular weight excluding hydrogens is 289 g/mol. The number of nitrogens with zero attached hydrogens (tertiary/aromatic N) is 2. The molecule has 1 aromatic heterocycles. The fraction of sp³-hybridized carbons (Fsp3) is 0. The fourth-order valence-corrected chi connectivity index (χ4v) is 2.31. The first kappa shape index (κ1) is 13.3. The Kier molecular flexibility index (Phi) is 3.43. The van der Waals surface area contributed by atoms with Crippen LogP contribution in [0.1, 0.15) is 5.56 Å². The van der Waals surface area contributed by atoms with Crippen LogP contribution in [0.3, 0.4) is 0 Å². The van der Waals surface area contributed by atoms with Gasteiger partial charge in [0, 0.05) is 11.6 Å². The number of anilines is 2. The topological polar surface area (TPSA) is 48.7 Å². The molecule has 0 fully saturated rings. The van der Waals surface area contributed by atoms with Crippen molar-refractivity contribution in [2.24, 2.45) is 0 Å². The fourth-order valence-electron chi connectivity index (χ4n) is 2.10. The predicted octanol–water partition coefficient (Wildman–Crippen LogP) is 4.64. The number of fused-ring (bicyclic) bond motifs is 1. The molecule has 0 bridgehead atoms. The summed E-state index contributed by atoms with van der Waals surface area (Å²) in [5.41, 5.74) is 1.68.